The Morgan fingerprint density at radius 2 is 1.58 bits per heavy atom. The number of unbranched alkanes of at least 4 members (excludes halogenated alkanes) is 7. The number of imidazole rings is 1. The van der Waals surface area contributed by atoms with Crippen LogP contribution in [0.3, 0.4) is 0 Å². The molecule has 2 aromatic carbocycles. The highest BCUT2D eigenvalue weighted by molar-refractivity contribution is 5.95. The third-order valence-corrected chi connectivity index (χ3v) is 5.99. The zero-order valence-electron chi connectivity index (χ0n) is 19.2. The molecule has 1 aromatic heterocycles. The summed E-state index contributed by atoms with van der Waals surface area (Å²) in [5, 5.41) is 3.07. The van der Waals surface area contributed by atoms with E-state index in [0.29, 0.717) is 6.54 Å². The molecule has 3 aromatic rings. The van der Waals surface area contributed by atoms with Crippen LogP contribution < -0.4 is 5.32 Å². The molecule has 0 saturated heterocycles. The highest BCUT2D eigenvalue weighted by Crippen LogP contribution is 2.18. The highest BCUT2D eigenvalue weighted by atomic mass is 16.1. The molecule has 166 valence electrons. The van der Waals surface area contributed by atoms with E-state index in [1.807, 2.05) is 37.3 Å². The van der Waals surface area contributed by atoms with Gasteiger partial charge in [-0.15, -0.1) is 0 Å². The van der Waals surface area contributed by atoms with Crippen LogP contribution in [0, 0.1) is 6.92 Å². The zero-order chi connectivity index (χ0) is 21.9. The van der Waals surface area contributed by atoms with Gasteiger partial charge in [-0.05, 0) is 37.1 Å². The van der Waals surface area contributed by atoms with Crippen LogP contribution >= 0.6 is 0 Å². The van der Waals surface area contributed by atoms with Crippen LogP contribution in [0.15, 0.2) is 48.5 Å². The van der Waals surface area contributed by atoms with Crippen molar-refractivity contribution in [1.82, 2.24) is 14.9 Å². The van der Waals surface area contributed by atoms with Gasteiger partial charge in [-0.1, -0.05) is 82.2 Å². The molecule has 0 aliphatic rings. The molecule has 0 bridgehead atoms. The van der Waals surface area contributed by atoms with Gasteiger partial charge >= 0.3 is 0 Å². The first-order valence-electron chi connectivity index (χ1n) is 12.0. The van der Waals surface area contributed by atoms with E-state index in [4.69, 9.17) is 4.98 Å². The molecule has 4 nitrogen and oxygen atoms in total. The Morgan fingerprint density at radius 3 is 2.35 bits per heavy atom. The SMILES string of the molecule is CCCCCCCCCCn1c(CCNC(=O)c2ccccc2C)nc2ccccc21. The normalized spacial score (nSPS) is 11.2. The van der Waals surface area contributed by atoms with Crippen LogP contribution in [0.1, 0.15) is 80.0 Å². The number of aryl methyl sites for hydroxylation is 2. The van der Waals surface area contributed by atoms with E-state index in [-0.39, 0.29) is 5.91 Å². The molecule has 1 amide bonds. The number of nitrogens with zero attached hydrogens (tertiary/aromatic N) is 2. The maximum absolute atomic E-state index is 12.5. The molecule has 0 unspecified atom stereocenters. The fourth-order valence-corrected chi connectivity index (χ4v) is 4.18. The van der Waals surface area contributed by atoms with Crippen LogP contribution in [-0.4, -0.2) is 22.0 Å². The Hall–Kier alpha value is -2.62. The quantitative estimate of drug-likeness (QED) is 0.323. The summed E-state index contributed by atoms with van der Waals surface area (Å²) in [6.07, 6.45) is 11.3. The van der Waals surface area contributed by atoms with Gasteiger partial charge in [0.25, 0.3) is 5.91 Å². The first-order valence-corrected chi connectivity index (χ1v) is 12.0. The van der Waals surface area contributed by atoms with E-state index >= 15 is 0 Å². The molecule has 4 heteroatoms. The van der Waals surface area contributed by atoms with Crippen molar-refractivity contribution >= 4 is 16.9 Å². The molecule has 1 heterocycles. The molecule has 31 heavy (non-hydrogen) atoms. The molecule has 3 rings (SSSR count). The lowest BCUT2D eigenvalue weighted by atomic mass is 10.1. The highest BCUT2D eigenvalue weighted by Gasteiger charge is 2.12. The zero-order valence-corrected chi connectivity index (χ0v) is 19.2. The van der Waals surface area contributed by atoms with Gasteiger partial charge in [0.05, 0.1) is 11.0 Å². The fraction of sp³-hybridized carbons (Fsp3) is 0.481. The molecule has 0 aliphatic heterocycles. The number of para-hydroxylation sites is 2. The van der Waals surface area contributed by atoms with E-state index in [9.17, 15) is 4.79 Å². The Balaban J connectivity index is 1.54. The largest absolute Gasteiger partial charge is 0.352 e. The number of hydrogen-bond acceptors (Lipinski definition) is 2. The smallest absolute Gasteiger partial charge is 0.251 e. The van der Waals surface area contributed by atoms with Gasteiger partial charge in [0.2, 0.25) is 0 Å². The molecular formula is C27H37N3O. The van der Waals surface area contributed by atoms with Gasteiger partial charge in [-0.3, -0.25) is 4.79 Å². The molecule has 0 saturated carbocycles. The summed E-state index contributed by atoms with van der Waals surface area (Å²) < 4.78 is 2.35. The first kappa shape index (κ1) is 23.1. The second kappa shape index (κ2) is 12.3. The van der Waals surface area contributed by atoms with Gasteiger partial charge in [0.15, 0.2) is 0 Å². The van der Waals surface area contributed by atoms with Gasteiger partial charge in [0, 0.05) is 25.1 Å². The lowest BCUT2D eigenvalue weighted by molar-refractivity contribution is 0.0953. The molecule has 1 N–H and O–H groups in total. The van der Waals surface area contributed by atoms with Crippen molar-refractivity contribution < 1.29 is 4.79 Å². The second-order valence-corrected chi connectivity index (χ2v) is 8.46. The monoisotopic (exact) mass is 419 g/mol. The number of rotatable bonds is 13. The van der Waals surface area contributed by atoms with Gasteiger partial charge in [-0.25, -0.2) is 4.98 Å². The average molecular weight is 420 g/mol. The van der Waals surface area contributed by atoms with Crippen molar-refractivity contribution in [3.05, 3.63) is 65.5 Å². The van der Waals surface area contributed by atoms with E-state index in [0.717, 1.165) is 35.4 Å². The number of hydrogen-bond donors (Lipinski definition) is 1. The second-order valence-electron chi connectivity index (χ2n) is 8.46. The van der Waals surface area contributed by atoms with Gasteiger partial charge in [-0.2, -0.15) is 0 Å². The van der Waals surface area contributed by atoms with Crippen molar-refractivity contribution in [1.29, 1.82) is 0 Å². The van der Waals surface area contributed by atoms with E-state index in [2.05, 4.69) is 35.0 Å². The average Bonchev–Trinajstić information content (AvgIpc) is 3.13. The minimum atomic E-state index is -0.0103. The molecular weight excluding hydrogens is 382 g/mol. The number of aromatic nitrogens is 2. The molecule has 0 radical (unpaired) electrons. The Kier molecular flexibility index (Phi) is 9.14. The van der Waals surface area contributed by atoms with Crippen LogP contribution in [0.4, 0.5) is 0 Å². The summed E-state index contributed by atoms with van der Waals surface area (Å²) >= 11 is 0. The third-order valence-electron chi connectivity index (χ3n) is 5.99. The van der Waals surface area contributed by atoms with Crippen molar-refractivity contribution in [2.75, 3.05) is 6.54 Å². The van der Waals surface area contributed by atoms with Crippen LogP contribution in [0.2, 0.25) is 0 Å². The molecule has 0 spiro atoms. The number of nitrogens with one attached hydrogen (secondary N) is 1. The standard InChI is InChI=1S/C27H37N3O/c1-3-4-5-6-7-8-9-14-21-30-25-18-13-12-17-24(25)29-26(30)19-20-28-27(31)23-16-11-10-15-22(23)2/h10-13,15-18H,3-9,14,19-21H2,1-2H3,(H,28,31). The van der Waals surface area contributed by atoms with Crippen LogP contribution in [-0.2, 0) is 13.0 Å². The van der Waals surface area contributed by atoms with Crippen LogP contribution in [0.5, 0.6) is 0 Å². The number of carbonyl (C=O) groups is 1. The van der Waals surface area contributed by atoms with Gasteiger partial charge < -0.3 is 9.88 Å². The summed E-state index contributed by atoms with van der Waals surface area (Å²) in [4.78, 5) is 17.4. The summed E-state index contributed by atoms with van der Waals surface area (Å²) in [6.45, 7) is 5.82. The Bertz CT molecular complexity index is 960. The maximum atomic E-state index is 12.5. The Labute approximate surface area is 187 Å². The molecule has 0 fully saturated rings. The minimum Gasteiger partial charge on any atom is -0.352 e. The predicted molar refractivity (Wildman–Crippen MR) is 130 cm³/mol. The lowest BCUT2D eigenvalue weighted by Gasteiger charge is -2.11. The predicted octanol–water partition coefficient (Wildman–Crippen LogP) is 6.46. The fourth-order valence-electron chi connectivity index (χ4n) is 4.18. The lowest BCUT2D eigenvalue weighted by Crippen LogP contribution is -2.27. The number of carbonyl (C=O) groups excluding carboxylic acids is 1. The number of amides is 1. The van der Waals surface area contributed by atoms with Crippen molar-refractivity contribution in [3.63, 3.8) is 0 Å². The van der Waals surface area contributed by atoms with Crippen LogP contribution in [0.25, 0.3) is 11.0 Å². The third kappa shape index (κ3) is 6.68. The molecule has 0 aliphatic carbocycles. The Morgan fingerprint density at radius 1 is 0.903 bits per heavy atom. The topological polar surface area (TPSA) is 46.9 Å². The van der Waals surface area contributed by atoms with E-state index in [1.54, 1.807) is 0 Å². The summed E-state index contributed by atoms with van der Waals surface area (Å²) in [6, 6.07) is 16.1. The first-order chi connectivity index (χ1) is 15.2. The summed E-state index contributed by atoms with van der Waals surface area (Å²) in [5.74, 6) is 1.05. The minimum absolute atomic E-state index is 0.0103. The summed E-state index contributed by atoms with van der Waals surface area (Å²) in [7, 11) is 0. The number of benzene rings is 2. The van der Waals surface area contributed by atoms with Crippen molar-refractivity contribution in [2.45, 2.75) is 78.2 Å². The summed E-state index contributed by atoms with van der Waals surface area (Å²) in [5.41, 5.74) is 3.99. The van der Waals surface area contributed by atoms with Crippen molar-refractivity contribution in [3.8, 4) is 0 Å². The van der Waals surface area contributed by atoms with E-state index in [1.165, 1.54) is 56.9 Å². The van der Waals surface area contributed by atoms with E-state index < -0.39 is 0 Å². The maximum Gasteiger partial charge on any atom is 0.251 e. The van der Waals surface area contributed by atoms with Gasteiger partial charge in [0.1, 0.15) is 5.82 Å². The number of fused-ring (bicyclic) bond motifs is 1. The molecule has 0 atom stereocenters. The van der Waals surface area contributed by atoms with Crippen molar-refractivity contribution in [2.24, 2.45) is 0 Å².